The Balaban J connectivity index is 0.00000161. The Morgan fingerprint density at radius 1 is 0.857 bits per heavy atom. The van der Waals surface area contributed by atoms with Crippen LogP contribution >= 0.6 is 0 Å². The third kappa shape index (κ3) is 3.29. The van der Waals surface area contributed by atoms with Gasteiger partial charge in [0.25, 0.3) is 0 Å². The first kappa shape index (κ1) is 16.4. The fourth-order valence-electron chi connectivity index (χ4n) is 2.79. The Morgan fingerprint density at radius 3 is 2.14 bits per heavy atom. The zero-order chi connectivity index (χ0) is 14.3. The van der Waals surface area contributed by atoms with Crippen molar-refractivity contribution in [3.05, 3.63) is 71.1 Å². The molecule has 2 aromatic carbocycles. The van der Waals surface area contributed by atoms with E-state index in [2.05, 4.69) is 82.7 Å². The Hall–Kier alpha value is -0.937. The van der Waals surface area contributed by atoms with Crippen molar-refractivity contribution in [1.29, 1.82) is 0 Å². The third-order valence-corrected chi connectivity index (χ3v) is 3.96. The number of rotatable bonds is 1. The van der Waals surface area contributed by atoms with Gasteiger partial charge in [-0.2, -0.15) is 0 Å². The van der Waals surface area contributed by atoms with Gasteiger partial charge in [-0.15, -0.1) is 0 Å². The van der Waals surface area contributed by atoms with E-state index in [1.54, 1.807) is 0 Å². The number of hydrogen-bond acceptors (Lipinski definition) is 0. The van der Waals surface area contributed by atoms with Gasteiger partial charge in [0.1, 0.15) is 0 Å². The van der Waals surface area contributed by atoms with Gasteiger partial charge >= 0.3 is 0 Å². The number of allylic oxidation sites excluding steroid dienone is 1. The molecule has 105 valence electrons. The molecular weight excluding hydrogens is 331 g/mol. The monoisotopic (exact) mass is 351 g/mol. The standard InChI is InChI=1S/C20H21.Zr/c1-14-12-16-6-5-7-18(19(16)13-14)15-8-10-17(11-9-15)20(2,3)4;/h5-13H,1-4H3;. The third-order valence-electron chi connectivity index (χ3n) is 3.96. The summed E-state index contributed by atoms with van der Waals surface area (Å²) in [6.07, 6.45) is 4.53. The van der Waals surface area contributed by atoms with Crippen molar-refractivity contribution in [2.24, 2.45) is 0 Å². The predicted molar refractivity (Wildman–Crippen MR) is 87.6 cm³/mol. The molecule has 0 aromatic heterocycles. The predicted octanol–water partition coefficient (Wildman–Crippen LogP) is 5.62. The van der Waals surface area contributed by atoms with Crippen LogP contribution in [0.15, 0.2) is 48.0 Å². The maximum atomic E-state index is 2.28. The molecule has 2 aromatic rings. The quantitative estimate of drug-likeness (QED) is 0.625. The fraction of sp³-hybridized carbons (Fsp3) is 0.250. The summed E-state index contributed by atoms with van der Waals surface area (Å²) in [5.41, 5.74) is 8.24. The van der Waals surface area contributed by atoms with Crippen LogP contribution < -0.4 is 0 Å². The molecule has 0 saturated carbocycles. The van der Waals surface area contributed by atoms with Crippen LogP contribution in [-0.4, -0.2) is 0 Å². The Morgan fingerprint density at radius 2 is 1.52 bits per heavy atom. The first-order valence-corrected chi connectivity index (χ1v) is 7.22. The van der Waals surface area contributed by atoms with E-state index >= 15 is 0 Å². The minimum atomic E-state index is 0. The van der Waals surface area contributed by atoms with Gasteiger partial charge in [0.05, 0.1) is 0 Å². The molecule has 0 spiro atoms. The molecule has 1 aliphatic carbocycles. The van der Waals surface area contributed by atoms with Crippen LogP contribution in [0.2, 0.25) is 0 Å². The molecule has 0 unspecified atom stereocenters. The summed E-state index contributed by atoms with van der Waals surface area (Å²) >= 11 is 0. The topological polar surface area (TPSA) is 0 Å². The number of hydrogen-bond donors (Lipinski definition) is 0. The van der Waals surface area contributed by atoms with E-state index < -0.39 is 0 Å². The van der Waals surface area contributed by atoms with Gasteiger partial charge in [0.2, 0.25) is 0 Å². The van der Waals surface area contributed by atoms with Crippen molar-refractivity contribution >= 4 is 6.08 Å². The van der Waals surface area contributed by atoms with E-state index in [0.717, 1.165) is 0 Å². The molecule has 0 saturated heterocycles. The summed E-state index contributed by atoms with van der Waals surface area (Å²) in [4.78, 5) is 0. The zero-order valence-electron chi connectivity index (χ0n) is 13.2. The van der Waals surface area contributed by atoms with Crippen molar-refractivity contribution in [3.63, 3.8) is 0 Å². The molecule has 1 heteroatoms. The first-order chi connectivity index (χ1) is 9.45. The van der Waals surface area contributed by atoms with E-state index in [1.165, 1.54) is 33.4 Å². The first-order valence-electron chi connectivity index (χ1n) is 7.22. The SMILES string of the molecule is CC1=Cc2c(cccc2-c2ccc(C(C)(C)C)cc2)[CH]1.[Zr]. The van der Waals surface area contributed by atoms with E-state index in [9.17, 15) is 0 Å². The van der Waals surface area contributed by atoms with Gasteiger partial charge < -0.3 is 0 Å². The van der Waals surface area contributed by atoms with E-state index in [0.29, 0.717) is 0 Å². The second-order valence-corrected chi connectivity index (χ2v) is 6.67. The molecule has 0 amide bonds. The summed E-state index contributed by atoms with van der Waals surface area (Å²) in [7, 11) is 0. The van der Waals surface area contributed by atoms with E-state index in [1.807, 2.05) is 0 Å². The Kier molecular flexibility index (Phi) is 4.73. The van der Waals surface area contributed by atoms with Crippen LogP contribution in [0, 0.1) is 6.42 Å². The normalized spacial score (nSPS) is 13.4. The molecule has 0 N–H and O–H groups in total. The van der Waals surface area contributed by atoms with Crippen LogP contribution in [0.5, 0.6) is 0 Å². The van der Waals surface area contributed by atoms with Crippen LogP contribution in [-0.2, 0) is 31.6 Å². The van der Waals surface area contributed by atoms with Gasteiger partial charge in [-0.3, -0.25) is 0 Å². The average Bonchev–Trinajstić information content (AvgIpc) is 2.78. The van der Waals surface area contributed by atoms with Crippen molar-refractivity contribution in [3.8, 4) is 11.1 Å². The molecule has 0 heterocycles. The van der Waals surface area contributed by atoms with E-state index in [4.69, 9.17) is 0 Å². The minimum absolute atomic E-state index is 0. The van der Waals surface area contributed by atoms with Crippen molar-refractivity contribution in [1.82, 2.24) is 0 Å². The molecule has 0 fully saturated rings. The van der Waals surface area contributed by atoms with Crippen molar-refractivity contribution in [2.75, 3.05) is 0 Å². The average molecular weight is 353 g/mol. The Bertz CT molecular complexity index is 670. The zero-order valence-corrected chi connectivity index (χ0v) is 15.7. The second kappa shape index (κ2) is 6.05. The number of fused-ring (bicyclic) bond motifs is 1. The molecule has 0 bridgehead atoms. The summed E-state index contributed by atoms with van der Waals surface area (Å²) in [5, 5.41) is 0. The van der Waals surface area contributed by atoms with Gasteiger partial charge in [0, 0.05) is 32.6 Å². The van der Waals surface area contributed by atoms with Crippen LogP contribution in [0.1, 0.15) is 44.4 Å². The largest absolute Gasteiger partial charge is 0.0642 e. The van der Waals surface area contributed by atoms with Gasteiger partial charge in [0.15, 0.2) is 0 Å². The molecule has 0 aliphatic heterocycles. The second-order valence-electron chi connectivity index (χ2n) is 6.67. The van der Waals surface area contributed by atoms with Crippen LogP contribution in [0.3, 0.4) is 0 Å². The summed E-state index contributed by atoms with van der Waals surface area (Å²) in [6, 6.07) is 15.6. The molecule has 3 rings (SSSR count). The minimum Gasteiger partial charge on any atom is -0.0642 e. The molecule has 21 heavy (non-hydrogen) atoms. The molecular formula is C20H21Zr. The van der Waals surface area contributed by atoms with Gasteiger partial charge in [-0.25, -0.2) is 0 Å². The molecule has 1 aliphatic rings. The van der Waals surface area contributed by atoms with Crippen LogP contribution in [0.25, 0.3) is 17.2 Å². The molecule has 0 nitrogen and oxygen atoms in total. The van der Waals surface area contributed by atoms with Crippen molar-refractivity contribution in [2.45, 2.75) is 33.1 Å². The number of benzene rings is 2. The van der Waals surface area contributed by atoms with Crippen molar-refractivity contribution < 1.29 is 26.2 Å². The Labute approximate surface area is 147 Å². The molecule has 1 radical (unpaired) electrons. The summed E-state index contributed by atoms with van der Waals surface area (Å²) in [6.45, 7) is 8.92. The fourth-order valence-corrected chi connectivity index (χ4v) is 2.79. The van der Waals surface area contributed by atoms with E-state index in [-0.39, 0.29) is 31.6 Å². The summed E-state index contributed by atoms with van der Waals surface area (Å²) in [5.74, 6) is 0. The van der Waals surface area contributed by atoms with Crippen LogP contribution in [0.4, 0.5) is 0 Å². The smallest absolute Gasteiger partial charge is 0.0161 e. The summed E-state index contributed by atoms with van der Waals surface area (Å²) < 4.78 is 0. The maximum Gasteiger partial charge on any atom is 0.0161 e. The molecule has 0 atom stereocenters. The van der Waals surface area contributed by atoms with Gasteiger partial charge in [-0.1, -0.05) is 74.9 Å². The van der Waals surface area contributed by atoms with Gasteiger partial charge in [-0.05, 0) is 40.2 Å². The maximum absolute atomic E-state index is 2.28.